The van der Waals surface area contributed by atoms with Gasteiger partial charge in [0.05, 0.1) is 0 Å². The number of rotatable bonds is 2. The fourth-order valence-corrected chi connectivity index (χ4v) is 1.58. The number of ether oxygens (including phenoxy) is 1. The van der Waals surface area contributed by atoms with Crippen LogP contribution >= 0.6 is 0 Å². The van der Waals surface area contributed by atoms with E-state index in [-0.39, 0.29) is 5.92 Å². The third-order valence-electron chi connectivity index (χ3n) is 2.38. The number of hydrogen-bond donors (Lipinski definition) is 1. The topological polar surface area (TPSA) is 58.6 Å². The number of carbonyl (C=O) groups excluding carboxylic acids is 2. The summed E-state index contributed by atoms with van der Waals surface area (Å²) >= 11 is 0. The first-order valence-corrected chi connectivity index (χ1v) is 5.60. The molecule has 0 unspecified atom stereocenters. The molecule has 16 heavy (non-hydrogen) atoms. The van der Waals surface area contributed by atoms with E-state index in [1.165, 1.54) is 0 Å². The lowest BCUT2D eigenvalue weighted by atomic mass is 10.00. The van der Waals surface area contributed by atoms with Crippen molar-refractivity contribution in [2.75, 3.05) is 13.1 Å². The smallest absolute Gasteiger partial charge is 0.422 e. The number of piperidine rings is 1. The summed E-state index contributed by atoms with van der Waals surface area (Å²) in [7, 11) is 0. The highest BCUT2D eigenvalue weighted by molar-refractivity contribution is 5.67. The fraction of sp³-hybridized carbons (Fsp3) is 0.818. The Bertz CT molecular complexity index is 252. The first-order valence-electron chi connectivity index (χ1n) is 5.60. The van der Waals surface area contributed by atoms with Gasteiger partial charge in [-0.3, -0.25) is 5.43 Å². The maximum atomic E-state index is 11.4. The van der Waals surface area contributed by atoms with Crippen molar-refractivity contribution in [1.29, 1.82) is 0 Å². The van der Waals surface area contributed by atoms with Crippen molar-refractivity contribution in [2.45, 2.75) is 39.2 Å². The van der Waals surface area contributed by atoms with Gasteiger partial charge in [0, 0.05) is 19.0 Å². The Labute approximate surface area is 96.1 Å². The monoisotopic (exact) mass is 228 g/mol. The third-order valence-corrected chi connectivity index (χ3v) is 2.38. The normalized spacial score (nSPS) is 19.2. The van der Waals surface area contributed by atoms with Gasteiger partial charge < -0.3 is 9.53 Å². The summed E-state index contributed by atoms with van der Waals surface area (Å²) in [4.78, 5) is 22.0. The summed E-state index contributed by atoms with van der Waals surface area (Å²) in [6.45, 7) is 6.87. The molecule has 1 rings (SSSR count). The molecular weight excluding hydrogens is 208 g/mol. The molecule has 1 aliphatic heterocycles. The standard InChI is InChI=1S/C11H20N2O3/c1-11(2,3)16-10(15)12-13-6-4-9(8-14)5-7-13/h8-9H,4-7H2,1-3H3,(H,12,15). The van der Waals surface area contributed by atoms with Gasteiger partial charge in [-0.1, -0.05) is 0 Å². The number of nitrogens with one attached hydrogen (secondary N) is 1. The zero-order valence-corrected chi connectivity index (χ0v) is 10.2. The number of amides is 1. The average Bonchev–Trinajstić information content (AvgIpc) is 2.16. The molecule has 0 aromatic heterocycles. The van der Waals surface area contributed by atoms with Crippen LogP contribution in [0.2, 0.25) is 0 Å². The zero-order chi connectivity index (χ0) is 12.2. The van der Waals surface area contributed by atoms with Crippen molar-refractivity contribution in [3.63, 3.8) is 0 Å². The average molecular weight is 228 g/mol. The molecule has 0 saturated carbocycles. The van der Waals surface area contributed by atoms with E-state index in [1.54, 1.807) is 5.01 Å². The van der Waals surface area contributed by atoms with Crippen LogP contribution in [0.1, 0.15) is 33.6 Å². The van der Waals surface area contributed by atoms with Gasteiger partial charge in [0.15, 0.2) is 0 Å². The van der Waals surface area contributed by atoms with Crippen molar-refractivity contribution < 1.29 is 14.3 Å². The number of aldehydes is 1. The van der Waals surface area contributed by atoms with Gasteiger partial charge in [-0.2, -0.15) is 0 Å². The largest absolute Gasteiger partial charge is 0.443 e. The van der Waals surface area contributed by atoms with Crippen molar-refractivity contribution >= 4 is 12.4 Å². The van der Waals surface area contributed by atoms with Gasteiger partial charge in [0.2, 0.25) is 0 Å². The van der Waals surface area contributed by atoms with Crippen LogP contribution in [0.15, 0.2) is 0 Å². The predicted molar refractivity (Wildman–Crippen MR) is 59.7 cm³/mol. The number of hydrazine groups is 1. The van der Waals surface area contributed by atoms with Crippen LogP contribution in [0.3, 0.4) is 0 Å². The lowest BCUT2D eigenvalue weighted by molar-refractivity contribution is -0.112. The van der Waals surface area contributed by atoms with Crippen molar-refractivity contribution in [3.8, 4) is 0 Å². The fourth-order valence-electron chi connectivity index (χ4n) is 1.58. The zero-order valence-electron chi connectivity index (χ0n) is 10.2. The molecule has 0 radical (unpaired) electrons. The van der Waals surface area contributed by atoms with Crippen LogP contribution in [-0.2, 0) is 9.53 Å². The minimum absolute atomic E-state index is 0.136. The van der Waals surface area contributed by atoms with Crippen LogP contribution in [0.25, 0.3) is 0 Å². The lowest BCUT2D eigenvalue weighted by Crippen LogP contribution is -2.48. The Hall–Kier alpha value is -1.10. The van der Waals surface area contributed by atoms with Gasteiger partial charge in [-0.25, -0.2) is 9.80 Å². The molecule has 0 atom stereocenters. The van der Waals surface area contributed by atoms with Crippen LogP contribution in [-0.4, -0.2) is 36.1 Å². The van der Waals surface area contributed by atoms with Crippen molar-refractivity contribution in [2.24, 2.45) is 5.92 Å². The minimum atomic E-state index is -0.481. The number of nitrogens with zero attached hydrogens (tertiary/aromatic N) is 1. The molecule has 1 fully saturated rings. The Morgan fingerprint density at radius 2 is 1.94 bits per heavy atom. The Kier molecular flexibility index (Phi) is 4.29. The molecule has 1 aliphatic rings. The van der Waals surface area contributed by atoms with Crippen LogP contribution in [0, 0.1) is 5.92 Å². The molecule has 1 N–H and O–H groups in total. The lowest BCUT2D eigenvalue weighted by Gasteiger charge is -2.30. The highest BCUT2D eigenvalue weighted by atomic mass is 16.6. The molecule has 1 amide bonds. The SMILES string of the molecule is CC(C)(C)OC(=O)NN1CCC(C=O)CC1. The molecule has 1 heterocycles. The summed E-state index contributed by atoms with van der Waals surface area (Å²) in [5.74, 6) is 0.136. The minimum Gasteiger partial charge on any atom is -0.443 e. The van der Waals surface area contributed by atoms with E-state index in [9.17, 15) is 9.59 Å². The maximum absolute atomic E-state index is 11.4. The van der Waals surface area contributed by atoms with E-state index in [0.29, 0.717) is 13.1 Å². The summed E-state index contributed by atoms with van der Waals surface area (Å²) in [5.41, 5.74) is 2.20. The first kappa shape index (κ1) is 13.0. The molecule has 5 nitrogen and oxygen atoms in total. The Morgan fingerprint density at radius 3 is 2.38 bits per heavy atom. The van der Waals surface area contributed by atoms with E-state index >= 15 is 0 Å². The summed E-state index contributed by atoms with van der Waals surface area (Å²) in [6, 6.07) is 0. The van der Waals surface area contributed by atoms with Gasteiger partial charge in [0.1, 0.15) is 11.9 Å². The summed E-state index contributed by atoms with van der Waals surface area (Å²) in [6.07, 6.45) is 2.14. The molecule has 0 aliphatic carbocycles. The van der Waals surface area contributed by atoms with E-state index < -0.39 is 11.7 Å². The quantitative estimate of drug-likeness (QED) is 0.724. The van der Waals surface area contributed by atoms with Gasteiger partial charge in [0.25, 0.3) is 0 Å². The highest BCUT2D eigenvalue weighted by Gasteiger charge is 2.22. The Balaban J connectivity index is 2.28. The number of carbonyl (C=O) groups is 2. The second-order valence-corrected chi connectivity index (χ2v) is 5.07. The first-order chi connectivity index (χ1) is 7.40. The summed E-state index contributed by atoms with van der Waals surface area (Å²) < 4.78 is 5.13. The second-order valence-electron chi connectivity index (χ2n) is 5.07. The van der Waals surface area contributed by atoms with Gasteiger partial charge >= 0.3 is 6.09 Å². The second kappa shape index (κ2) is 5.30. The van der Waals surface area contributed by atoms with Crippen molar-refractivity contribution in [1.82, 2.24) is 10.4 Å². The van der Waals surface area contributed by atoms with E-state index in [2.05, 4.69) is 5.43 Å². The van der Waals surface area contributed by atoms with Crippen LogP contribution in [0.4, 0.5) is 4.79 Å². The number of hydrogen-bond acceptors (Lipinski definition) is 4. The molecule has 0 bridgehead atoms. The Morgan fingerprint density at radius 1 is 1.38 bits per heavy atom. The van der Waals surface area contributed by atoms with Gasteiger partial charge in [-0.15, -0.1) is 0 Å². The molecule has 0 spiro atoms. The van der Waals surface area contributed by atoms with Crippen molar-refractivity contribution in [3.05, 3.63) is 0 Å². The molecule has 1 saturated heterocycles. The van der Waals surface area contributed by atoms with E-state index in [1.807, 2.05) is 20.8 Å². The van der Waals surface area contributed by atoms with E-state index in [4.69, 9.17) is 4.74 Å². The van der Waals surface area contributed by atoms with E-state index in [0.717, 1.165) is 19.1 Å². The molecule has 5 heteroatoms. The van der Waals surface area contributed by atoms with Crippen LogP contribution in [0.5, 0.6) is 0 Å². The molecule has 0 aromatic carbocycles. The maximum Gasteiger partial charge on any atom is 0.422 e. The predicted octanol–water partition coefficient (Wildman–Crippen LogP) is 1.34. The summed E-state index contributed by atoms with van der Waals surface area (Å²) in [5, 5.41) is 1.80. The molecule has 0 aromatic rings. The molecule has 92 valence electrons. The van der Waals surface area contributed by atoms with Crippen LogP contribution < -0.4 is 5.43 Å². The van der Waals surface area contributed by atoms with Gasteiger partial charge in [-0.05, 0) is 33.6 Å². The third kappa shape index (κ3) is 4.61. The molecular formula is C11H20N2O3. The highest BCUT2D eigenvalue weighted by Crippen LogP contribution is 2.13.